The van der Waals surface area contributed by atoms with Crippen molar-refractivity contribution in [1.29, 1.82) is 0 Å². The normalized spacial score (nSPS) is 23.6. The van der Waals surface area contributed by atoms with Gasteiger partial charge in [0.25, 0.3) is 0 Å². The summed E-state index contributed by atoms with van der Waals surface area (Å²) in [6.07, 6.45) is 9.76. The number of pyridine rings is 1. The molecule has 1 amide bonds. The van der Waals surface area contributed by atoms with E-state index in [9.17, 15) is 4.79 Å². The van der Waals surface area contributed by atoms with Crippen LogP contribution in [0.2, 0.25) is 0 Å². The van der Waals surface area contributed by atoms with Gasteiger partial charge < -0.3 is 5.32 Å². The summed E-state index contributed by atoms with van der Waals surface area (Å²) in [5.41, 5.74) is 1.13. The third kappa shape index (κ3) is 4.13. The first-order valence-corrected chi connectivity index (χ1v) is 6.92. The fourth-order valence-electron chi connectivity index (χ4n) is 2.67. The molecule has 18 heavy (non-hydrogen) atoms. The lowest BCUT2D eigenvalue weighted by Gasteiger charge is -2.27. The number of nitrogens with one attached hydrogen (secondary N) is 1. The van der Waals surface area contributed by atoms with Gasteiger partial charge in [0.2, 0.25) is 5.91 Å². The number of hydrogen-bond acceptors (Lipinski definition) is 2. The van der Waals surface area contributed by atoms with Gasteiger partial charge in [-0.2, -0.15) is 0 Å². The van der Waals surface area contributed by atoms with Crippen LogP contribution in [0.15, 0.2) is 24.5 Å². The SMILES string of the molecule is CC1CCCC(NC(=O)CCc2cccnc2)C1. The van der Waals surface area contributed by atoms with Crippen LogP contribution < -0.4 is 5.32 Å². The van der Waals surface area contributed by atoms with Crippen molar-refractivity contribution in [2.75, 3.05) is 0 Å². The Morgan fingerprint density at radius 3 is 3.11 bits per heavy atom. The summed E-state index contributed by atoms with van der Waals surface area (Å²) in [6, 6.07) is 4.33. The number of hydrogen-bond donors (Lipinski definition) is 1. The lowest BCUT2D eigenvalue weighted by molar-refractivity contribution is -0.122. The smallest absolute Gasteiger partial charge is 0.220 e. The topological polar surface area (TPSA) is 42.0 Å². The molecular formula is C15H22N2O. The summed E-state index contributed by atoms with van der Waals surface area (Å²) in [7, 11) is 0. The molecule has 1 aromatic heterocycles. The molecular weight excluding hydrogens is 224 g/mol. The van der Waals surface area contributed by atoms with Gasteiger partial charge >= 0.3 is 0 Å². The maximum absolute atomic E-state index is 11.9. The Kier molecular flexibility index (Phi) is 4.73. The van der Waals surface area contributed by atoms with Crippen molar-refractivity contribution in [2.24, 2.45) is 5.92 Å². The van der Waals surface area contributed by atoms with Gasteiger partial charge in [-0.05, 0) is 36.8 Å². The monoisotopic (exact) mass is 246 g/mol. The van der Waals surface area contributed by atoms with Crippen LogP contribution in [0.4, 0.5) is 0 Å². The maximum Gasteiger partial charge on any atom is 0.220 e. The molecule has 2 unspecified atom stereocenters. The molecule has 0 aliphatic heterocycles. The van der Waals surface area contributed by atoms with Crippen molar-refractivity contribution in [3.63, 3.8) is 0 Å². The van der Waals surface area contributed by atoms with E-state index >= 15 is 0 Å². The largest absolute Gasteiger partial charge is 0.353 e. The van der Waals surface area contributed by atoms with Gasteiger partial charge in [-0.25, -0.2) is 0 Å². The first kappa shape index (κ1) is 13.1. The minimum absolute atomic E-state index is 0.179. The van der Waals surface area contributed by atoms with Crippen molar-refractivity contribution < 1.29 is 4.79 Å². The first-order valence-electron chi connectivity index (χ1n) is 6.92. The Bertz CT molecular complexity index is 377. The zero-order valence-corrected chi connectivity index (χ0v) is 11.1. The summed E-state index contributed by atoms with van der Waals surface area (Å²) in [5.74, 6) is 0.931. The highest BCUT2D eigenvalue weighted by molar-refractivity contribution is 5.76. The summed E-state index contributed by atoms with van der Waals surface area (Å²) in [4.78, 5) is 15.9. The quantitative estimate of drug-likeness (QED) is 0.887. The second kappa shape index (κ2) is 6.53. The Morgan fingerprint density at radius 2 is 2.39 bits per heavy atom. The van der Waals surface area contributed by atoms with Gasteiger partial charge in [-0.3, -0.25) is 9.78 Å². The van der Waals surface area contributed by atoms with Crippen LogP contribution in [0.1, 0.15) is 44.6 Å². The molecule has 0 aromatic carbocycles. The summed E-state index contributed by atoms with van der Waals surface area (Å²) in [5, 5.41) is 3.16. The molecule has 0 radical (unpaired) electrons. The van der Waals surface area contributed by atoms with Crippen LogP contribution in [0.3, 0.4) is 0 Å². The zero-order valence-electron chi connectivity index (χ0n) is 11.1. The van der Waals surface area contributed by atoms with E-state index in [1.54, 1.807) is 6.20 Å². The van der Waals surface area contributed by atoms with Crippen LogP contribution in [0, 0.1) is 5.92 Å². The van der Waals surface area contributed by atoms with Crippen LogP contribution in [0.5, 0.6) is 0 Å². The van der Waals surface area contributed by atoms with E-state index in [0.717, 1.165) is 30.7 Å². The number of carbonyl (C=O) groups excluding carboxylic acids is 1. The molecule has 1 aliphatic carbocycles. The lowest BCUT2D eigenvalue weighted by atomic mass is 9.87. The number of nitrogens with zero attached hydrogens (tertiary/aromatic N) is 1. The molecule has 1 fully saturated rings. The Morgan fingerprint density at radius 1 is 1.50 bits per heavy atom. The Labute approximate surface area is 109 Å². The molecule has 3 heteroatoms. The van der Waals surface area contributed by atoms with Crippen molar-refractivity contribution in [1.82, 2.24) is 10.3 Å². The number of rotatable bonds is 4. The van der Waals surface area contributed by atoms with E-state index in [0.29, 0.717) is 12.5 Å². The van der Waals surface area contributed by atoms with Crippen molar-refractivity contribution in [2.45, 2.75) is 51.5 Å². The minimum atomic E-state index is 0.179. The van der Waals surface area contributed by atoms with E-state index in [2.05, 4.69) is 17.2 Å². The van der Waals surface area contributed by atoms with E-state index in [-0.39, 0.29) is 5.91 Å². The van der Waals surface area contributed by atoms with E-state index in [1.165, 1.54) is 12.8 Å². The van der Waals surface area contributed by atoms with Gasteiger partial charge in [0.05, 0.1) is 0 Å². The average molecular weight is 246 g/mol. The highest BCUT2D eigenvalue weighted by atomic mass is 16.1. The molecule has 3 nitrogen and oxygen atoms in total. The zero-order chi connectivity index (χ0) is 12.8. The number of amides is 1. The third-order valence-corrected chi connectivity index (χ3v) is 3.67. The molecule has 2 rings (SSSR count). The predicted octanol–water partition coefficient (Wildman–Crippen LogP) is 2.71. The Balaban J connectivity index is 1.72. The van der Waals surface area contributed by atoms with E-state index < -0.39 is 0 Å². The molecule has 1 saturated carbocycles. The minimum Gasteiger partial charge on any atom is -0.353 e. The van der Waals surface area contributed by atoms with Gasteiger partial charge in [-0.1, -0.05) is 25.8 Å². The molecule has 0 bridgehead atoms. The molecule has 2 atom stereocenters. The Hall–Kier alpha value is -1.38. The van der Waals surface area contributed by atoms with Gasteiger partial charge in [0.15, 0.2) is 0 Å². The van der Waals surface area contributed by atoms with Crippen LogP contribution in [-0.4, -0.2) is 16.9 Å². The molecule has 1 aliphatic rings. The van der Waals surface area contributed by atoms with Crippen molar-refractivity contribution >= 4 is 5.91 Å². The van der Waals surface area contributed by atoms with Crippen molar-refractivity contribution in [3.05, 3.63) is 30.1 Å². The maximum atomic E-state index is 11.9. The fraction of sp³-hybridized carbons (Fsp3) is 0.600. The lowest BCUT2D eigenvalue weighted by Crippen LogP contribution is -2.38. The van der Waals surface area contributed by atoms with Gasteiger partial charge in [-0.15, -0.1) is 0 Å². The second-order valence-corrected chi connectivity index (χ2v) is 5.40. The van der Waals surface area contributed by atoms with E-state index in [4.69, 9.17) is 0 Å². The van der Waals surface area contributed by atoms with Crippen LogP contribution >= 0.6 is 0 Å². The van der Waals surface area contributed by atoms with Gasteiger partial charge in [0.1, 0.15) is 0 Å². The summed E-state index contributed by atoms with van der Waals surface area (Å²) in [6.45, 7) is 2.27. The standard InChI is InChI=1S/C15H22N2O/c1-12-4-2-6-14(10-12)17-15(18)8-7-13-5-3-9-16-11-13/h3,5,9,11-12,14H,2,4,6-8,10H2,1H3,(H,17,18). The highest BCUT2D eigenvalue weighted by Gasteiger charge is 2.19. The molecule has 98 valence electrons. The van der Waals surface area contributed by atoms with Gasteiger partial charge in [0, 0.05) is 24.9 Å². The third-order valence-electron chi connectivity index (χ3n) is 3.67. The molecule has 1 N–H and O–H groups in total. The number of aryl methyl sites for hydroxylation is 1. The highest BCUT2D eigenvalue weighted by Crippen LogP contribution is 2.23. The second-order valence-electron chi connectivity index (χ2n) is 5.40. The number of carbonyl (C=O) groups is 1. The van der Waals surface area contributed by atoms with E-state index in [1.807, 2.05) is 18.3 Å². The number of aromatic nitrogens is 1. The summed E-state index contributed by atoms with van der Waals surface area (Å²) < 4.78 is 0. The molecule has 1 heterocycles. The molecule has 0 spiro atoms. The van der Waals surface area contributed by atoms with Crippen LogP contribution in [0.25, 0.3) is 0 Å². The predicted molar refractivity (Wildman–Crippen MR) is 72.1 cm³/mol. The fourth-order valence-corrected chi connectivity index (χ4v) is 2.67. The summed E-state index contributed by atoms with van der Waals surface area (Å²) >= 11 is 0. The van der Waals surface area contributed by atoms with Crippen molar-refractivity contribution in [3.8, 4) is 0 Å². The first-order chi connectivity index (χ1) is 8.74. The van der Waals surface area contributed by atoms with Crippen LogP contribution in [-0.2, 0) is 11.2 Å². The molecule has 1 aromatic rings. The molecule has 0 saturated heterocycles. The average Bonchev–Trinajstić information content (AvgIpc) is 2.38.